The topological polar surface area (TPSA) is 83.7 Å². The van der Waals surface area contributed by atoms with Gasteiger partial charge < -0.3 is 10.0 Å². The van der Waals surface area contributed by atoms with Crippen molar-refractivity contribution in [3.63, 3.8) is 0 Å². The number of amides is 1. The molecule has 1 aliphatic heterocycles. The Morgan fingerprint density at radius 2 is 2.16 bits per heavy atom. The minimum atomic E-state index is -0.471. The van der Waals surface area contributed by atoms with E-state index >= 15 is 0 Å². The molecule has 0 aromatic heterocycles. The summed E-state index contributed by atoms with van der Waals surface area (Å²) in [6.45, 7) is 3.88. The Morgan fingerprint density at radius 3 is 2.68 bits per heavy atom. The third kappa shape index (κ3) is 2.31. The van der Waals surface area contributed by atoms with Gasteiger partial charge in [0.2, 0.25) is 5.91 Å². The first kappa shape index (κ1) is 13.5. The van der Waals surface area contributed by atoms with E-state index in [-0.39, 0.29) is 30.5 Å². The van der Waals surface area contributed by atoms with Crippen LogP contribution in [0.3, 0.4) is 0 Å². The highest BCUT2D eigenvalue weighted by Crippen LogP contribution is 2.37. The summed E-state index contributed by atoms with van der Waals surface area (Å²) in [7, 11) is 0. The number of hydrogen-bond acceptors (Lipinski definition) is 4. The first-order valence-corrected chi connectivity index (χ1v) is 6.11. The summed E-state index contributed by atoms with van der Waals surface area (Å²) >= 11 is 0. The van der Waals surface area contributed by atoms with Gasteiger partial charge in [0.1, 0.15) is 5.69 Å². The lowest BCUT2D eigenvalue weighted by Crippen LogP contribution is -2.26. The van der Waals surface area contributed by atoms with Crippen LogP contribution in [0.1, 0.15) is 17.5 Å². The molecule has 0 radical (unpaired) electrons. The average molecular weight is 264 g/mol. The molecule has 1 aromatic rings. The number of aliphatic hydroxyl groups is 1. The molecule has 1 N–H and O–H groups in total. The maximum absolute atomic E-state index is 12.0. The van der Waals surface area contributed by atoms with Crippen LogP contribution in [0.25, 0.3) is 0 Å². The second kappa shape index (κ2) is 4.97. The van der Waals surface area contributed by atoms with Gasteiger partial charge in [-0.3, -0.25) is 14.9 Å². The lowest BCUT2D eigenvalue weighted by atomic mass is 10.1. The molecule has 19 heavy (non-hydrogen) atoms. The van der Waals surface area contributed by atoms with E-state index in [0.29, 0.717) is 12.2 Å². The Hall–Kier alpha value is -1.95. The lowest BCUT2D eigenvalue weighted by Gasteiger charge is -2.20. The highest BCUT2D eigenvalue weighted by atomic mass is 16.6. The van der Waals surface area contributed by atoms with Crippen molar-refractivity contribution in [1.82, 2.24) is 0 Å². The molecular weight excluding hydrogens is 248 g/mol. The summed E-state index contributed by atoms with van der Waals surface area (Å²) in [5, 5.41) is 20.3. The van der Waals surface area contributed by atoms with Crippen molar-refractivity contribution in [2.45, 2.75) is 20.3 Å². The van der Waals surface area contributed by atoms with Gasteiger partial charge in [0.25, 0.3) is 5.69 Å². The van der Waals surface area contributed by atoms with Crippen LogP contribution in [-0.2, 0) is 4.79 Å². The molecular formula is C13H16N2O4. The van der Waals surface area contributed by atoms with E-state index in [1.807, 2.05) is 6.92 Å². The van der Waals surface area contributed by atoms with Gasteiger partial charge in [-0.25, -0.2) is 0 Å². The summed E-state index contributed by atoms with van der Waals surface area (Å²) < 4.78 is 0. The van der Waals surface area contributed by atoms with Crippen LogP contribution < -0.4 is 4.90 Å². The molecule has 1 heterocycles. The van der Waals surface area contributed by atoms with Crippen LogP contribution in [0.2, 0.25) is 0 Å². The van der Waals surface area contributed by atoms with E-state index in [4.69, 9.17) is 5.11 Å². The molecule has 1 saturated heterocycles. The Labute approximate surface area is 110 Å². The number of rotatable bonds is 3. The monoisotopic (exact) mass is 264 g/mol. The van der Waals surface area contributed by atoms with E-state index in [9.17, 15) is 14.9 Å². The first-order chi connectivity index (χ1) is 8.95. The van der Waals surface area contributed by atoms with E-state index in [2.05, 4.69) is 0 Å². The zero-order valence-corrected chi connectivity index (χ0v) is 10.9. The molecule has 1 atom stereocenters. The van der Waals surface area contributed by atoms with Crippen molar-refractivity contribution in [1.29, 1.82) is 0 Å². The standard InChI is InChI=1S/C13H16N2O4/c1-8-3-4-11(15(18)19)13(9(8)2)14-6-10(7-16)5-12(14)17/h3-4,10,16H,5-7H2,1-2H3. The Balaban J connectivity index is 2.52. The van der Waals surface area contributed by atoms with Crippen LogP contribution in [0, 0.1) is 29.9 Å². The maximum Gasteiger partial charge on any atom is 0.293 e. The van der Waals surface area contributed by atoms with Gasteiger partial charge in [-0.05, 0) is 25.0 Å². The van der Waals surface area contributed by atoms with Gasteiger partial charge in [0, 0.05) is 31.6 Å². The molecule has 0 aliphatic carbocycles. The van der Waals surface area contributed by atoms with E-state index in [1.165, 1.54) is 11.0 Å². The second-order valence-electron chi connectivity index (χ2n) is 4.89. The Kier molecular flexibility index (Phi) is 3.53. The quantitative estimate of drug-likeness (QED) is 0.663. The van der Waals surface area contributed by atoms with Gasteiger partial charge in [0.05, 0.1) is 4.92 Å². The number of aliphatic hydroxyl groups excluding tert-OH is 1. The molecule has 0 spiro atoms. The minimum Gasteiger partial charge on any atom is -0.396 e. The fourth-order valence-electron chi connectivity index (χ4n) is 2.39. The Bertz CT molecular complexity index is 542. The second-order valence-corrected chi connectivity index (χ2v) is 4.89. The maximum atomic E-state index is 12.0. The molecule has 1 unspecified atom stereocenters. The third-order valence-corrected chi connectivity index (χ3v) is 3.61. The highest BCUT2D eigenvalue weighted by molar-refractivity contribution is 5.99. The molecule has 1 amide bonds. The molecule has 1 aliphatic rings. The van der Waals surface area contributed by atoms with Crippen molar-refractivity contribution in [3.8, 4) is 0 Å². The molecule has 102 valence electrons. The number of hydrogen-bond donors (Lipinski definition) is 1. The van der Waals surface area contributed by atoms with E-state index in [1.54, 1.807) is 13.0 Å². The largest absolute Gasteiger partial charge is 0.396 e. The van der Waals surface area contributed by atoms with Crippen LogP contribution in [0.4, 0.5) is 11.4 Å². The van der Waals surface area contributed by atoms with Crippen molar-refractivity contribution in [2.75, 3.05) is 18.1 Å². The van der Waals surface area contributed by atoms with Gasteiger partial charge in [-0.1, -0.05) is 6.07 Å². The van der Waals surface area contributed by atoms with Gasteiger partial charge in [-0.2, -0.15) is 0 Å². The smallest absolute Gasteiger partial charge is 0.293 e. The summed E-state index contributed by atoms with van der Waals surface area (Å²) in [4.78, 5) is 24.1. The zero-order chi connectivity index (χ0) is 14.2. The molecule has 1 fully saturated rings. The van der Waals surface area contributed by atoms with Crippen LogP contribution in [0.5, 0.6) is 0 Å². The molecule has 1 aromatic carbocycles. The molecule has 0 saturated carbocycles. The summed E-state index contributed by atoms with van der Waals surface area (Å²) in [6, 6.07) is 3.11. The third-order valence-electron chi connectivity index (χ3n) is 3.61. The van der Waals surface area contributed by atoms with Crippen molar-refractivity contribution < 1.29 is 14.8 Å². The molecule has 6 nitrogen and oxygen atoms in total. The molecule has 2 rings (SSSR count). The number of nitro benzene ring substituents is 1. The van der Waals surface area contributed by atoms with Gasteiger partial charge in [0.15, 0.2) is 0 Å². The predicted molar refractivity (Wildman–Crippen MR) is 70.1 cm³/mol. The van der Waals surface area contributed by atoms with Crippen LogP contribution >= 0.6 is 0 Å². The fourth-order valence-corrected chi connectivity index (χ4v) is 2.39. The fraction of sp³-hybridized carbons (Fsp3) is 0.462. The number of carbonyl (C=O) groups is 1. The van der Waals surface area contributed by atoms with E-state index < -0.39 is 4.92 Å². The van der Waals surface area contributed by atoms with Crippen molar-refractivity contribution >= 4 is 17.3 Å². The molecule has 0 bridgehead atoms. The number of benzene rings is 1. The van der Waals surface area contributed by atoms with Crippen LogP contribution in [0.15, 0.2) is 12.1 Å². The number of nitro groups is 1. The van der Waals surface area contributed by atoms with Crippen molar-refractivity contribution in [2.24, 2.45) is 5.92 Å². The predicted octanol–water partition coefficient (Wildman–Crippen LogP) is 1.56. The van der Waals surface area contributed by atoms with Crippen molar-refractivity contribution in [3.05, 3.63) is 33.4 Å². The van der Waals surface area contributed by atoms with Gasteiger partial charge >= 0.3 is 0 Å². The zero-order valence-electron chi connectivity index (χ0n) is 10.9. The normalized spacial score (nSPS) is 19.0. The minimum absolute atomic E-state index is 0.0601. The SMILES string of the molecule is Cc1ccc([N+](=O)[O-])c(N2CC(CO)CC2=O)c1C. The summed E-state index contributed by atoms with van der Waals surface area (Å²) in [5.74, 6) is -0.317. The van der Waals surface area contributed by atoms with Crippen LogP contribution in [-0.4, -0.2) is 29.1 Å². The summed E-state index contributed by atoms with van der Waals surface area (Å²) in [6.07, 6.45) is 0.237. The number of carbonyl (C=O) groups excluding carboxylic acids is 1. The highest BCUT2D eigenvalue weighted by Gasteiger charge is 2.35. The average Bonchev–Trinajstić information content (AvgIpc) is 2.73. The lowest BCUT2D eigenvalue weighted by molar-refractivity contribution is -0.384. The molecule has 6 heteroatoms. The summed E-state index contributed by atoms with van der Waals surface area (Å²) in [5.41, 5.74) is 1.95. The van der Waals surface area contributed by atoms with Gasteiger partial charge in [-0.15, -0.1) is 0 Å². The first-order valence-electron chi connectivity index (χ1n) is 6.11. The number of aryl methyl sites for hydroxylation is 1. The van der Waals surface area contributed by atoms with E-state index in [0.717, 1.165) is 11.1 Å². The number of nitrogens with zero attached hydrogens (tertiary/aromatic N) is 2. The number of anilines is 1. The Morgan fingerprint density at radius 1 is 1.47 bits per heavy atom.